The van der Waals surface area contributed by atoms with E-state index in [4.69, 9.17) is 0 Å². The number of carbonyl (C=O) groups is 1. The number of hydrogen-bond acceptors (Lipinski definition) is 2. The van der Waals surface area contributed by atoms with Gasteiger partial charge in [0.2, 0.25) is 5.91 Å². The highest BCUT2D eigenvalue weighted by Crippen LogP contribution is 2.44. The van der Waals surface area contributed by atoms with Gasteiger partial charge in [-0.3, -0.25) is 4.79 Å². The zero-order valence-electron chi connectivity index (χ0n) is 16.4. The van der Waals surface area contributed by atoms with Crippen LogP contribution in [0.15, 0.2) is 48.5 Å². The molecule has 3 nitrogen and oxygen atoms in total. The predicted molar refractivity (Wildman–Crippen MR) is 106 cm³/mol. The third-order valence-electron chi connectivity index (χ3n) is 6.14. The molecule has 2 aromatic carbocycles. The maximum absolute atomic E-state index is 13.4. The van der Waals surface area contributed by atoms with Crippen LogP contribution in [0.2, 0.25) is 0 Å². The van der Waals surface area contributed by atoms with E-state index in [2.05, 4.69) is 18.7 Å². The first-order chi connectivity index (χ1) is 13.3. The molecule has 5 heteroatoms. The van der Waals surface area contributed by atoms with Crippen LogP contribution in [0, 0.1) is 17.6 Å². The van der Waals surface area contributed by atoms with Crippen molar-refractivity contribution in [2.24, 2.45) is 5.92 Å². The van der Waals surface area contributed by atoms with Gasteiger partial charge in [0, 0.05) is 30.4 Å². The predicted octanol–water partition coefficient (Wildman–Crippen LogP) is 4.41. The quantitative estimate of drug-likeness (QED) is 0.782. The van der Waals surface area contributed by atoms with Gasteiger partial charge in [-0.2, -0.15) is 0 Å². The smallest absolute Gasteiger partial charge is 0.227 e. The summed E-state index contributed by atoms with van der Waals surface area (Å²) in [6.45, 7) is 5.85. The van der Waals surface area contributed by atoms with Crippen LogP contribution in [0.3, 0.4) is 0 Å². The molecule has 2 aromatic rings. The molecule has 148 valence electrons. The molecule has 0 aromatic heterocycles. The van der Waals surface area contributed by atoms with E-state index in [-0.39, 0.29) is 29.5 Å². The molecule has 0 spiro atoms. The standard InChI is InChI=1S/C23H26F2N2O/c1-23(2)14-17-15-26(22(28)13-16-4-3-5-19(25)12-16)11-10-21(17)27(23)20-8-6-18(24)7-9-20/h3-9,12,17,21H,10-11,13-15H2,1-2H3/t17-,21+/m1/s1. The van der Waals surface area contributed by atoms with Crippen LogP contribution in [0.1, 0.15) is 32.3 Å². The van der Waals surface area contributed by atoms with E-state index in [1.165, 1.54) is 24.3 Å². The molecule has 2 aliphatic rings. The second-order valence-electron chi connectivity index (χ2n) is 8.63. The summed E-state index contributed by atoms with van der Waals surface area (Å²) in [6.07, 6.45) is 2.11. The fourth-order valence-electron chi connectivity index (χ4n) is 5.05. The van der Waals surface area contributed by atoms with Crippen molar-refractivity contribution in [3.05, 3.63) is 65.7 Å². The number of benzene rings is 2. The molecular weight excluding hydrogens is 358 g/mol. The Morgan fingerprint density at radius 3 is 2.57 bits per heavy atom. The summed E-state index contributed by atoms with van der Waals surface area (Å²) in [5.41, 5.74) is 1.71. The Morgan fingerprint density at radius 1 is 1.11 bits per heavy atom. The normalized spacial score (nSPS) is 23.6. The molecule has 4 rings (SSSR count). The summed E-state index contributed by atoms with van der Waals surface area (Å²) in [5, 5.41) is 0. The van der Waals surface area contributed by atoms with Crippen molar-refractivity contribution in [1.29, 1.82) is 0 Å². The first kappa shape index (κ1) is 18.9. The average molecular weight is 384 g/mol. The van der Waals surface area contributed by atoms with Crippen LogP contribution in [0.25, 0.3) is 0 Å². The fourth-order valence-corrected chi connectivity index (χ4v) is 5.05. The van der Waals surface area contributed by atoms with Crippen molar-refractivity contribution >= 4 is 11.6 Å². The van der Waals surface area contributed by atoms with Gasteiger partial charge in [-0.25, -0.2) is 8.78 Å². The Kier molecular flexibility index (Phi) is 4.86. The number of anilines is 1. The molecule has 2 aliphatic heterocycles. The third-order valence-corrected chi connectivity index (χ3v) is 6.14. The molecule has 0 unspecified atom stereocenters. The van der Waals surface area contributed by atoms with Crippen LogP contribution in [-0.4, -0.2) is 35.5 Å². The highest BCUT2D eigenvalue weighted by atomic mass is 19.1. The van der Waals surface area contributed by atoms with Crippen molar-refractivity contribution < 1.29 is 13.6 Å². The van der Waals surface area contributed by atoms with Crippen LogP contribution >= 0.6 is 0 Å². The highest BCUT2D eigenvalue weighted by Gasteiger charge is 2.48. The molecule has 2 heterocycles. The van der Waals surface area contributed by atoms with Gasteiger partial charge < -0.3 is 9.80 Å². The Labute approximate surface area is 165 Å². The Balaban J connectivity index is 1.47. The highest BCUT2D eigenvalue weighted by molar-refractivity contribution is 5.79. The number of hydrogen-bond donors (Lipinski definition) is 0. The number of rotatable bonds is 3. The second kappa shape index (κ2) is 7.19. The zero-order valence-corrected chi connectivity index (χ0v) is 16.4. The largest absolute Gasteiger partial charge is 0.363 e. The Morgan fingerprint density at radius 2 is 1.86 bits per heavy atom. The van der Waals surface area contributed by atoms with E-state index in [0.717, 1.165) is 25.1 Å². The van der Waals surface area contributed by atoms with E-state index in [9.17, 15) is 13.6 Å². The molecule has 2 fully saturated rings. The van der Waals surface area contributed by atoms with E-state index in [0.29, 0.717) is 24.1 Å². The number of likely N-dealkylation sites (tertiary alicyclic amines) is 1. The molecule has 0 saturated carbocycles. The number of fused-ring (bicyclic) bond motifs is 1. The number of piperidine rings is 1. The third kappa shape index (κ3) is 3.62. The van der Waals surface area contributed by atoms with E-state index >= 15 is 0 Å². The Bertz CT molecular complexity index is 865. The molecule has 0 bridgehead atoms. The second-order valence-corrected chi connectivity index (χ2v) is 8.63. The van der Waals surface area contributed by atoms with Gasteiger partial charge in [0.05, 0.1) is 6.42 Å². The lowest BCUT2D eigenvalue weighted by molar-refractivity contribution is -0.132. The van der Waals surface area contributed by atoms with Crippen molar-refractivity contribution in [3.63, 3.8) is 0 Å². The molecule has 0 aliphatic carbocycles. The number of amides is 1. The van der Waals surface area contributed by atoms with Gasteiger partial charge in [0.1, 0.15) is 11.6 Å². The first-order valence-corrected chi connectivity index (χ1v) is 9.91. The van der Waals surface area contributed by atoms with Gasteiger partial charge in [-0.1, -0.05) is 12.1 Å². The van der Waals surface area contributed by atoms with E-state index in [1.54, 1.807) is 12.1 Å². The first-order valence-electron chi connectivity index (χ1n) is 9.91. The fraction of sp³-hybridized carbons (Fsp3) is 0.435. The maximum atomic E-state index is 13.4. The van der Waals surface area contributed by atoms with E-state index < -0.39 is 0 Å². The summed E-state index contributed by atoms with van der Waals surface area (Å²) in [7, 11) is 0. The summed E-state index contributed by atoms with van der Waals surface area (Å²) in [5.74, 6) is -0.0982. The van der Waals surface area contributed by atoms with Crippen LogP contribution in [-0.2, 0) is 11.2 Å². The number of nitrogens with zero attached hydrogens (tertiary/aromatic N) is 2. The minimum Gasteiger partial charge on any atom is -0.363 e. The molecule has 1 amide bonds. The van der Waals surface area contributed by atoms with Gasteiger partial charge in [-0.05, 0) is 74.6 Å². The van der Waals surface area contributed by atoms with Gasteiger partial charge in [-0.15, -0.1) is 0 Å². The van der Waals surface area contributed by atoms with Crippen LogP contribution in [0.4, 0.5) is 14.5 Å². The number of halogens is 2. The minimum absolute atomic E-state index is 0.0468. The zero-order chi connectivity index (χ0) is 19.9. The van der Waals surface area contributed by atoms with Crippen molar-refractivity contribution in [2.45, 2.75) is 44.7 Å². The lowest BCUT2D eigenvalue weighted by Crippen LogP contribution is -2.50. The Hall–Kier alpha value is -2.43. The summed E-state index contributed by atoms with van der Waals surface area (Å²) in [6, 6.07) is 13.3. The molecule has 0 radical (unpaired) electrons. The van der Waals surface area contributed by atoms with Crippen molar-refractivity contribution in [3.8, 4) is 0 Å². The summed E-state index contributed by atoms with van der Waals surface area (Å²) >= 11 is 0. The maximum Gasteiger partial charge on any atom is 0.227 e. The van der Waals surface area contributed by atoms with Gasteiger partial charge in [0.15, 0.2) is 0 Å². The molecule has 28 heavy (non-hydrogen) atoms. The van der Waals surface area contributed by atoms with Crippen LogP contribution in [0.5, 0.6) is 0 Å². The van der Waals surface area contributed by atoms with Crippen LogP contribution < -0.4 is 4.90 Å². The molecular formula is C23H26F2N2O. The van der Waals surface area contributed by atoms with Gasteiger partial charge >= 0.3 is 0 Å². The minimum atomic E-state index is -0.309. The SMILES string of the molecule is CC1(C)C[C@@H]2CN(C(=O)Cc3cccc(F)c3)CC[C@@H]2N1c1ccc(F)cc1. The monoisotopic (exact) mass is 384 g/mol. The molecule has 2 atom stereocenters. The van der Waals surface area contributed by atoms with E-state index in [1.807, 2.05) is 17.0 Å². The van der Waals surface area contributed by atoms with Crippen molar-refractivity contribution in [1.82, 2.24) is 4.90 Å². The molecule has 0 N–H and O–H groups in total. The van der Waals surface area contributed by atoms with Gasteiger partial charge in [0.25, 0.3) is 0 Å². The lowest BCUT2D eigenvalue weighted by atomic mass is 9.89. The number of carbonyl (C=O) groups excluding carboxylic acids is 1. The summed E-state index contributed by atoms with van der Waals surface area (Å²) in [4.78, 5) is 17.1. The van der Waals surface area contributed by atoms with Crippen molar-refractivity contribution in [2.75, 3.05) is 18.0 Å². The average Bonchev–Trinajstić information content (AvgIpc) is 2.91. The lowest BCUT2D eigenvalue weighted by Gasteiger charge is -2.42. The molecule has 2 saturated heterocycles. The topological polar surface area (TPSA) is 23.6 Å². The summed E-state index contributed by atoms with van der Waals surface area (Å²) < 4.78 is 26.8.